The Morgan fingerprint density at radius 3 is 1.00 bits per heavy atom. The van der Waals surface area contributed by atoms with Crippen molar-refractivity contribution >= 4 is 15.5 Å². The van der Waals surface area contributed by atoms with Crippen LogP contribution in [0, 0.1) is 0 Å². The standard InChI is InChI=1S/C15H35NO6P2/c1-11(2)18-23(17,19-12(3)4)16-24(20-13(5)6,21-14(7)8)22-15(9)10/h11-15H,1-10H3. The Kier molecular flexibility index (Phi) is 10.5. The molecule has 0 amide bonds. The molecule has 0 fully saturated rings. The third-order valence-corrected chi connectivity index (χ3v) is 7.13. The van der Waals surface area contributed by atoms with Crippen LogP contribution >= 0.6 is 15.5 Å². The van der Waals surface area contributed by atoms with E-state index in [1.165, 1.54) is 0 Å². The van der Waals surface area contributed by atoms with Crippen LogP contribution in [0.3, 0.4) is 0 Å². The Labute approximate surface area is 147 Å². The number of hydrogen-bond donors (Lipinski definition) is 0. The topological polar surface area (TPSA) is 75.6 Å². The van der Waals surface area contributed by atoms with Gasteiger partial charge in [-0.3, -0.25) is 22.6 Å². The Bertz CT molecular complexity index is 416. The van der Waals surface area contributed by atoms with Crippen LogP contribution in [-0.2, 0) is 27.2 Å². The van der Waals surface area contributed by atoms with E-state index in [2.05, 4.69) is 4.52 Å². The van der Waals surface area contributed by atoms with Crippen molar-refractivity contribution in [2.45, 2.75) is 99.8 Å². The second kappa shape index (κ2) is 10.4. The van der Waals surface area contributed by atoms with Crippen molar-refractivity contribution in [1.82, 2.24) is 0 Å². The van der Waals surface area contributed by atoms with Gasteiger partial charge in [0, 0.05) is 0 Å². The lowest BCUT2D eigenvalue weighted by Gasteiger charge is -2.30. The highest BCUT2D eigenvalue weighted by Gasteiger charge is 2.37. The third kappa shape index (κ3) is 10.3. The predicted molar refractivity (Wildman–Crippen MR) is 98.1 cm³/mol. The zero-order valence-electron chi connectivity index (χ0n) is 16.7. The summed E-state index contributed by atoms with van der Waals surface area (Å²) in [6.45, 7) is 18.1. The van der Waals surface area contributed by atoms with Crippen LogP contribution in [0.25, 0.3) is 0 Å². The molecule has 0 saturated carbocycles. The lowest BCUT2D eigenvalue weighted by Crippen LogP contribution is -2.14. The van der Waals surface area contributed by atoms with Crippen LogP contribution < -0.4 is 0 Å². The Hall–Kier alpha value is 0.260. The quantitative estimate of drug-likeness (QED) is 0.395. The number of hydrogen-bond acceptors (Lipinski definition) is 6. The molecule has 9 heteroatoms. The van der Waals surface area contributed by atoms with Gasteiger partial charge in [-0.1, -0.05) is 0 Å². The van der Waals surface area contributed by atoms with E-state index in [4.69, 9.17) is 22.6 Å². The first-order valence-corrected chi connectivity index (χ1v) is 11.4. The minimum atomic E-state index is -3.82. The maximum Gasteiger partial charge on any atom is 0.458 e. The molecule has 0 saturated heterocycles. The minimum Gasteiger partial charge on any atom is -0.300 e. The summed E-state index contributed by atoms with van der Waals surface area (Å²) >= 11 is 0. The summed E-state index contributed by atoms with van der Waals surface area (Å²) < 4.78 is 46.1. The fraction of sp³-hybridized carbons (Fsp3) is 1.00. The van der Waals surface area contributed by atoms with E-state index in [-0.39, 0.29) is 30.5 Å². The summed E-state index contributed by atoms with van der Waals surface area (Å²) in [7, 11) is -7.11. The van der Waals surface area contributed by atoms with Crippen molar-refractivity contribution in [3.8, 4) is 0 Å². The molecule has 0 aromatic rings. The maximum absolute atomic E-state index is 13.2. The van der Waals surface area contributed by atoms with Crippen molar-refractivity contribution in [3.05, 3.63) is 0 Å². The SMILES string of the molecule is CC(C)OP(=O)(N=P(OC(C)C)(OC(C)C)OC(C)C)OC(C)C. The van der Waals surface area contributed by atoms with Gasteiger partial charge < -0.3 is 0 Å². The highest BCUT2D eigenvalue weighted by Crippen LogP contribution is 2.67. The van der Waals surface area contributed by atoms with E-state index in [9.17, 15) is 4.57 Å². The molecule has 0 aromatic heterocycles. The van der Waals surface area contributed by atoms with Gasteiger partial charge in [-0.15, -0.1) is 4.52 Å². The fourth-order valence-electron chi connectivity index (χ4n) is 1.67. The third-order valence-electron chi connectivity index (χ3n) is 1.94. The first-order chi connectivity index (χ1) is 10.8. The van der Waals surface area contributed by atoms with Crippen LogP contribution in [-0.4, -0.2) is 30.5 Å². The molecule has 146 valence electrons. The molecule has 0 aromatic carbocycles. The van der Waals surface area contributed by atoms with E-state index >= 15 is 0 Å². The first-order valence-electron chi connectivity index (χ1n) is 8.45. The molecular weight excluding hydrogens is 352 g/mol. The molecule has 7 nitrogen and oxygen atoms in total. The van der Waals surface area contributed by atoms with Crippen molar-refractivity contribution in [1.29, 1.82) is 0 Å². The smallest absolute Gasteiger partial charge is 0.300 e. The molecule has 0 rings (SSSR count). The zero-order chi connectivity index (χ0) is 19.1. The van der Waals surface area contributed by atoms with Gasteiger partial charge in [-0.2, -0.15) is 0 Å². The summed E-state index contributed by atoms with van der Waals surface area (Å²) in [6, 6.07) is 0. The molecule has 0 aliphatic rings. The van der Waals surface area contributed by atoms with Gasteiger partial charge in [0.1, 0.15) is 0 Å². The van der Waals surface area contributed by atoms with Gasteiger partial charge in [0.25, 0.3) is 0 Å². The average molecular weight is 387 g/mol. The molecule has 0 aliphatic carbocycles. The summed E-state index contributed by atoms with van der Waals surface area (Å²) in [6.07, 6.45) is -1.36. The van der Waals surface area contributed by atoms with Gasteiger partial charge in [0.2, 0.25) is 0 Å². The van der Waals surface area contributed by atoms with Crippen molar-refractivity contribution < 1.29 is 27.2 Å². The van der Waals surface area contributed by atoms with Crippen LogP contribution in [0.15, 0.2) is 4.52 Å². The largest absolute Gasteiger partial charge is 0.458 e. The number of rotatable bonds is 11. The summed E-state index contributed by atoms with van der Waals surface area (Å²) in [5.41, 5.74) is 0. The molecule has 0 aliphatic heterocycles. The van der Waals surface area contributed by atoms with Crippen molar-refractivity contribution in [2.24, 2.45) is 4.52 Å². The summed E-state index contributed by atoms with van der Waals surface area (Å²) in [4.78, 5) is 0. The second-order valence-corrected chi connectivity index (χ2v) is 10.4. The van der Waals surface area contributed by atoms with E-state index < -0.39 is 15.5 Å². The zero-order valence-corrected chi connectivity index (χ0v) is 18.5. The van der Waals surface area contributed by atoms with E-state index in [0.717, 1.165) is 0 Å². The monoisotopic (exact) mass is 387 g/mol. The van der Waals surface area contributed by atoms with Gasteiger partial charge >= 0.3 is 15.5 Å². The Morgan fingerprint density at radius 2 is 0.792 bits per heavy atom. The van der Waals surface area contributed by atoms with Gasteiger partial charge in [-0.05, 0) is 69.2 Å². The highest BCUT2D eigenvalue weighted by molar-refractivity contribution is 7.63. The molecule has 0 bridgehead atoms. The Balaban J connectivity index is 6.14. The molecule has 0 radical (unpaired) electrons. The van der Waals surface area contributed by atoms with E-state index in [1.807, 2.05) is 41.5 Å². The van der Waals surface area contributed by atoms with Crippen LogP contribution in [0.5, 0.6) is 0 Å². The summed E-state index contributed by atoms with van der Waals surface area (Å²) in [5, 5.41) is 0. The highest BCUT2D eigenvalue weighted by atomic mass is 31.2. The molecule has 0 atom stereocenters. The van der Waals surface area contributed by atoms with Crippen LogP contribution in [0.4, 0.5) is 0 Å². The maximum atomic E-state index is 13.2. The predicted octanol–water partition coefficient (Wildman–Crippen LogP) is 6.17. The first kappa shape index (κ1) is 24.3. The molecule has 0 unspecified atom stereocenters. The Morgan fingerprint density at radius 1 is 0.542 bits per heavy atom. The molecule has 0 N–H and O–H groups in total. The van der Waals surface area contributed by atoms with Crippen LogP contribution in [0.1, 0.15) is 69.2 Å². The van der Waals surface area contributed by atoms with Gasteiger partial charge in [0.05, 0.1) is 30.5 Å². The minimum absolute atomic E-state index is 0.230. The van der Waals surface area contributed by atoms with E-state index in [0.29, 0.717) is 0 Å². The lowest BCUT2D eigenvalue weighted by molar-refractivity contribution is 0.0821. The molecular formula is C15H35NO6P2. The normalized spacial score (nSPS) is 13.8. The average Bonchev–Trinajstić information content (AvgIpc) is 2.20. The van der Waals surface area contributed by atoms with Gasteiger partial charge in [0.15, 0.2) is 0 Å². The summed E-state index contributed by atoms with van der Waals surface area (Å²) in [5.74, 6) is 0. The van der Waals surface area contributed by atoms with E-state index in [1.54, 1.807) is 27.7 Å². The molecule has 0 spiro atoms. The lowest BCUT2D eigenvalue weighted by atomic mass is 10.5. The number of nitrogens with zero attached hydrogens (tertiary/aromatic N) is 1. The second-order valence-electron chi connectivity index (χ2n) is 6.80. The van der Waals surface area contributed by atoms with Crippen molar-refractivity contribution in [2.75, 3.05) is 0 Å². The molecule has 0 heterocycles. The van der Waals surface area contributed by atoms with Crippen molar-refractivity contribution in [3.63, 3.8) is 0 Å². The fourth-order valence-corrected chi connectivity index (χ4v) is 6.45. The van der Waals surface area contributed by atoms with Crippen LogP contribution in [0.2, 0.25) is 0 Å². The molecule has 24 heavy (non-hydrogen) atoms. The van der Waals surface area contributed by atoms with Gasteiger partial charge in [-0.25, -0.2) is 4.57 Å².